The van der Waals surface area contributed by atoms with Gasteiger partial charge in [-0.25, -0.2) is 0 Å². The fourth-order valence-corrected chi connectivity index (χ4v) is 4.63. The van der Waals surface area contributed by atoms with Gasteiger partial charge in [0.2, 0.25) is 0 Å². The second kappa shape index (κ2) is 8.30. The number of pyridine rings is 1. The highest BCUT2D eigenvalue weighted by atomic mass is 15.0. The van der Waals surface area contributed by atoms with E-state index in [4.69, 9.17) is 5.26 Å². The molecule has 0 atom stereocenters. The molecule has 2 aromatic heterocycles. The quantitative estimate of drug-likeness (QED) is 0.287. The molecule has 4 aromatic carbocycles. The minimum absolute atomic E-state index is 0.547. The monoisotopic (exact) mass is 446 g/mol. The number of nitrogens with zero attached hydrogens (tertiary/aromatic N) is 4. The average molecular weight is 447 g/mol. The van der Waals surface area contributed by atoms with Crippen LogP contribution in [0, 0.1) is 22.7 Å². The van der Waals surface area contributed by atoms with Crippen LogP contribution in [0.3, 0.4) is 0 Å². The highest BCUT2D eigenvalue weighted by Gasteiger charge is 2.13. The summed E-state index contributed by atoms with van der Waals surface area (Å²) in [5, 5.41) is 20.7. The predicted octanol–water partition coefficient (Wildman–Crippen LogP) is 7.26. The minimum atomic E-state index is 0.547. The van der Waals surface area contributed by atoms with Gasteiger partial charge in [0, 0.05) is 28.2 Å². The molecule has 2 heterocycles. The molecular formula is C31H18N4. The highest BCUT2D eigenvalue weighted by molar-refractivity contribution is 6.09. The first kappa shape index (κ1) is 20.4. The van der Waals surface area contributed by atoms with Crippen molar-refractivity contribution in [1.29, 1.82) is 10.5 Å². The second-order valence-corrected chi connectivity index (χ2v) is 8.37. The summed E-state index contributed by atoms with van der Waals surface area (Å²) in [5.41, 5.74) is 8.44. The van der Waals surface area contributed by atoms with Crippen LogP contribution in [0.2, 0.25) is 0 Å². The highest BCUT2D eigenvalue weighted by Crippen LogP contribution is 2.34. The van der Waals surface area contributed by atoms with Gasteiger partial charge in [-0.05, 0) is 65.7 Å². The van der Waals surface area contributed by atoms with Crippen LogP contribution in [0.5, 0.6) is 0 Å². The van der Waals surface area contributed by atoms with E-state index in [0.29, 0.717) is 11.1 Å². The van der Waals surface area contributed by atoms with Gasteiger partial charge >= 0.3 is 0 Å². The van der Waals surface area contributed by atoms with E-state index in [-0.39, 0.29) is 0 Å². The van der Waals surface area contributed by atoms with Crippen molar-refractivity contribution >= 4 is 21.8 Å². The lowest BCUT2D eigenvalue weighted by molar-refractivity contribution is 1.18. The molecule has 4 nitrogen and oxygen atoms in total. The molecule has 0 aliphatic carbocycles. The second-order valence-electron chi connectivity index (χ2n) is 8.37. The van der Waals surface area contributed by atoms with Crippen molar-refractivity contribution in [3.63, 3.8) is 0 Å². The number of benzene rings is 4. The largest absolute Gasteiger partial charge is 0.309 e. The van der Waals surface area contributed by atoms with Gasteiger partial charge in [-0.3, -0.25) is 4.98 Å². The van der Waals surface area contributed by atoms with Crippen molar-refractivity contribution in [3.05, 3.63) is 120 Å². The predicted molar refractivity (Wildman–Crippen MR) is 139 cm³/mol. The Morgan fingerprint density at radius 2 is 1.29 bits per heavy atom. The summed E-state index contributed by atoms with van der Waals surface area (Å²) in [6.45, 7) is 0. The molecule has 162 valence electrons. The first-order chi connectivity index (χ1) is 17.2. The van der Waals surface area contributed by atoms with Crippen LogP contribution >= 0.6 is 0 Å². The van der Waals surface area contributed by atoms with Gasteiger partial charge in [0.1, 0.15) is 6.07 Å². The molecule has 35 heavy (non-hydrogen) atoms. The summed E-state index contributed by atoms with van der Waals surface area (Å²) >= 11 is 0. The van der Waals surface area contributed by atoms with E-state index >= 15 is 0 Å². The molecular weight excluding hydrogens is 428 g/mol. The summed E-state index contributed by atoms with van der Waals surface area (Å²) < 4.78 is 2.25. The van der Waals surface area contributed by atoms with Gasteiger partial charge in [0.15, 0.2) is 0 Å². The molecule has 6 rings (SSSR count). The smallest absolute Gasteiger partial charge is 0.101 e. The lowest BCUT2D eigenvalue weighted by Gasteiger charge is -2.11. The van der Waals surface area contributed by atoms with Gasteiger partial charge in [-0.1, -0.05) is 48.5 Å². The molecule has 6 aromatic rings. The van der Waals surface area contributed by atoms with Crippen molar-refractivity contribution in [2.24, 2.45) is 0 Å². The lowest BCUT2D eigenvalue weighted by Crippen LogP contribution is -1.94. The Hall–Kier alpha value is -5.19. The van der Waals surface area contributed by atoms with Crippen LogP contribution in [0.4, 0.5) is 0 Å². The SMILES string of the molecule is N#Cc1ccc(-c2cccc(-c3cccc(-n4c5ccccc5c5cc(C#N)ccc54)c3)c2)nc1. The van der Waals surface area contributed by atoms with Crippen molar-refractivity contribution in [2.45, 2.75) is 0 Å². The van der Waals surface area contributed by atoms with E-state index in [2.05, 4.69) is 70.2 Å². The van der Waals surface area contributed by atoms with Crippen LogP contribution in [0.25, 0.3) is 49.9 Å². The van der Waals surface area contributed by atoms with Gasteiger partial charge in [0.25, 0.3) is 0 Å². The number of hydrogen-bond acceptors (Lipinski definition) is 3. The maximum Gasteiger partial charge on any atom is 0.101 e. The Bertz CT molecular complexity index is 1810. The zero-order valence-corrected chi connectivity index (χ0v) is 18.7. The van der Waals surface area contributed by atoms with Crippen LogP contribution in [-0.2, 0) is 0 Å². The Labute approximate surface area is 202 Å². The van der Waals surface area contributed by atoms with Crippen molar-refractivity contribution in [2.75, 3.05) is 0 Å². The molecule has 0 aliphatic rings. The summed E-state index contributed by atoms with van der Waals surface area (Å²) in [4.78, 5) is 4.45. The number of fused-ring (bicyclic) bond motifs is 3. The number of rotatable bonds is 3. The third-order valence-corrected chi connectivity index (χ3v) is 6.29. The molecule has 0 saturated carbocycles. The summed E-state index contributed by atoms with van der Waals surface area (Å²) in [5.74, 6) is 0. The molecule has 0 fully saturated rings. The zero-order chi connectivity index (χ0) is 23.8. The van der Waals surface area contributed by atoms with Gasteiger partial charge in [-0.2, -0.15) is 10.5 Å². The maximum absolute atomic E-state index is 9.41. The minimum Gasteiger partial charge on any atom is -0.309 e. The topological polar surface area (TPSA) is 65.4 Å². The van der Waals surface area contributed by atoms with Crippen LogP contribution < -0.4 is 0 Å². The fourth-order valence-electron chi connectivity index (χ4n) is 4.63. The van der Waals surface area contributed by atoms with E-state index in [1.54, 1.807) is 12.3 Å². The van der Waals surface area contributed by atoms with Gasteiger partial charge in [-0.15, -0.1) is 0 Å². The Morgan fingerprint density at radius 1 is 0.571 bits per heavy atom. The molecule has 0 radical (unpaired) electrons. The third kappa shape index (κ3) is 3.51. The van der Waals surface area contributed by atoms with E-state index in [9.17, 15) is 5.26 Å². The maximum atomic E-state index is 9.41. The molecule has 0 saturated heterocycles. The Kier molecular flexibility index (Phi) is 4.84. The number of hydrogen-bond donors (Lipinski definition) is 0. The lowest BCUT2D eigenvalue weighted by atomic mass is 10.0. The molecule has 0 unspecified atom stereocenters. The first-order valence-corrected chi connectivity index (χ1v) is 11.3. The van der Waals surface area contributed by atoms with Crippen molar-refractivity contribution in [1.82, 2.24) is 9.55 Å². The van der Waals surface area contributed by atoms with Crippen LogP contribution in [-0.4, -0.2) is 9.55 Å². The van der Waals surface area contributed by atoms with Crippen molar-refractivity contribution in [3.8, 4) is 40.2 Å². The molecule has 0 spiro atoms. The summed E-state index contributed by atoms with van der Waals surface area (Å²) in [6.07, 6.45) is 1.60. The number of aromatic nitrogens is 2. The molecule has 0 amide bonds. The fraction of sp³-hybridized carbons (Fsp3) is 0. The van der Waals surface area contributed by atoms with E-state index in [1.165, 1.54) is 0 Å². The zero-order valence-electron chi connectivity index (χ0n) is 18.7. The Morgan fingerprint density at radius 3 is 2.09 bits per heavy atom. The molecule has 4 heteroatoms. The number of nitriles is 2. The van der Waals surface area contributed by atoms with Gasteiger partial charge in [0.05, 0.1) is 33.9 Å². The molecule has 0 N–H and O–H groups in total. The first-order valence-electron chi connectivity index (χ1n) is 11.3. The van der Waals surface area contributed by atoms with Gasteiger partial charge < -0.3 is 4.57 Å². The van der Waals surface area contributed by atoms with E-state index < -0.39 is 0 Å². The number of para-hydroxylation sites is 1. The van der Waals surface area contributed by atoms with Crippen molar-refractivity contribution < 1.29 is 0 Å². The summed E-state index contributed by atoms with van der Waals surface area (Å²) in [6, 6.07) is 38.9. The molecule has 0 bridgehead atoms. The van der Waals surface area contributed by atoms with Crippen LogP contribution in [0.15, 0.2) is 109 Å². The van der Waals surface area contributed by atoms with E-state index in [0.717, 1.165) is 49.9 Å². The van der Waals surface area contributed by atoms with E-state index in [1.807, 2.05) is 48.5 Å². The third-order valence-electron chi connectivity index (χ3n) is 6.29. The Balaban J connectivity index is 1.49. The normalized spacial score (nSPS) is 10.8. The standard InChI is InChI=1S/C31H18N4/c32-18-21-12-14-31-28(15-21)27-9-1-2-10-30(27)35(31)26-8-4-6-24(17-26)23-5-3-7-25(16-23)29-13-11-22(19-33)20-34-29/h1-17,20H. The summed E-state index contributed by atoms with van der Waals surface area (Å²) in [7, 11) is 0. The molecule has 0 aliphatic heterocycles. The average Bonchev–Trinajstić information content (AvgIpc) is 3.27. The van der Waals surface area contributed by atoms with Crippen LogP contribution in [0.1, 0.15) is 11.1 Å².